The zero-order valence-corrected chi connectivity index (χ0v) is 23.9. The van der Waals surface area contributed by atoms with Gasteiger partial charge in [-0.15, -0.1) is 0 Å². The molecule has 35 heavy (non-hydrogen) atoms. The minimum absolute atomic E-state index is 0.0829. The molecule has 1 N–H and O–H groups in total. The van der Waals surface area contributed by atoms with Crippen molar-refractivity contribution in [2.75, 3.05) is 0 Å². The van der Waals surface area contributed by atoms with Gasteiger partial charge in [0.15, 0.2) is 0 Å². The lowest BCUT2D eigenvalue weighted by molar-refractivity contribution is -0.181. The van der Waals surface area contributed by atoms with Crippen molar-refractivity contribution in [2.45, 2.75) is 131 Å². The summed E-state index contributed by atoms with van der Waals surface area (Å²) in [4.78, 5) is 11.8. The lowest BCUT2D eigenvalue weighted by atomic mass is 9.41. The molecule has 0 aromatic heterocycles. The van der Waals surface area contributed by atoms with Crippen LogP contribution in [0, 0.1) is 50.7 Å². The highest BCUT2D eigenvalue weighted by atomic mass is 16.5. The molecule has 2 spiro atoms. The largest absolute Gasteiger partial charge is 0.462 e. The number of fused-ring (bicyclic) bond motifs is 2. The molecule has 0 bridgehead atoms. The summed E-state index contributed by atoms with van der Waals surface area (Å²) in [6.07, 6.45) is 17.4. The zero-order chi connectivity index (χ0) is 25.7. The molecular weight excluding hydrogens is 432 g/mol. The highest BCUT2D eigenvalue weighted by molar-refractivity contribution is 5.66. The lowest BCUT2D eigenvalue weighted by Crippen LogP contribution is -2.58. The van der Waals surface area contributed by atoms with Crippen LogP contribution in [0.4, 0.5) is 0 Å². The van der Waals surface area contributed by atoms with Crippen molar-refractivity contribution in [3.63, 3.8) is 0 Å². The number of esters is 1. The van der Waals surface area contributed by atoms with Gasteiger partial charge in [-0.05, 0) is 123 Å². The summed E-state index contributed by atoms with van der Waals surface area (Å²) in [5, 5.41) is 10.1. The molecule has 0 amide bonds. The van der Waals surface area contributed by atoms with Crippen LogP contribution in [0.5, 0.6) is 0 Å². The smallest absolute Gasteiger partial charge is 0.302 e. The molecular formula is C32H52O3. The summed E-state index contributed by atoms with van der Waals surface area (Å²) in [5.74, 6) is 2.88. The predicted octanol–water partition coefficient (Wildman–Crippen LogP) is 7.71. The second-order valence-corrected chi connectivity index (χ2v) is 15.4. The number of rotatable bonds is 5. The van der Waals surface area contributed by atoms with Crippen LogP contribution < -0.4 is 0 Å². The van der Waals surface area contributed by atoms with Gasteiger partial charge in [0.2, 0.25) is 0 Å². The molecule has 0 unspecified atom stereocenters. The first kappa shape index (κ1) is 25.8. The van der Waals surface area contributed by atoms with E-state index in [1.807, 2.05) is 19.9 Å². The van der Waals surface area contributed by atoms with Crippen LogP contribution in [0.2, 0.25) is 0 Å². The third-order valence-electron chi connectivity index (χ3n) is 13.1. The van der Waals surface area contributed by atoms with Crippen molar-refractivity contribution >= 4 is 5.97 Å². The highest BCUT2D eigenvalue weighted by Crippen LogP contribution is 2.89. The van der Waals surface area contributed by atoms with Crippen LogP contribution in [-0.4, -0.2) is 22.8 Å². The minimum Gasteiger partial charge on any atom is -0.462 e. The Morgan fingerprint density at radius 2 is 1.63 bits per heavy atom. The molecule has 5 aliphatic carbocycles. The maximum atomic E-state index is 11.8. The standard InChI is InChI=1S/C32H52O3/c1-21(10-9-15-27(3,4)34)23-13-16-30(8)25-12-11-24-28(5,6)26(35-22(2)33)14-17-31(24)20-32(25,31)19-18-29(23,30)7/h9,15,21,23-26,34H,10-14,16-20H2,1-8H3/b15-9-/t21-,23-,24+,25+,26+,29-,30+,31-,32+/m1/s1. The first-order valence-corrected chi connectivity index (χ1v) is 14.7. The molecule has 0 radical (unpaired) electrons. The summed E-state index contributed by atoms with van der Waals surface area (Å²) >= 11 is 0. The van der Waals surface area contributed by atoms with Crippen LogP contribution in [0.25, 0.3) is 0 Å². The highest BCUT2D eigenvalue weighted by Gasteiger charge is 2.82. The van der Waals surface area contributed by atoms with Gasteiger partial charge in [-0.25, -0.2) is 0 Å². The average Bonchev–Trinajstić information content (AvgIpc) is 3.31. The molecule has 3 nitrogen and oxygen atoms in total. The number of carbonyl (C=O) groups is 1. The Balaban J connectivity index is 1.38. The molecule has 5 aliphatic rings. The molecule has 5 saturated carbocycles. The Morgan fingerprint density at radius 1 is 0.971 bits per heavy atom. The van der Waals surface area contributed by atoms with Gasteiger partial charge in [-0.2, -0.15) is 0 Å². The van der Waals surface area contributed by atoms with Gasteiger partial charge in [0.05, 0.1) is 5.60 Å². The monoisotopic (exact) mass is 484 g/mol. The van der Waals surface area contributed by atoms with Gasteiger partial charge in [0.1, 0.15) is 6.10 Å². The second kappa shape index (κ2) is 7.84. The molecule has 0 aromatic rings. The van der Waals surface area contributed by atoms with Gasteiger partial charge in [-0.3, -0.25) is 4.79 Å². The average molecular weight is 485 g/mol. The summed E-state index contributed by atoms with van der Waals surface area (Å²) < 4.78 is 5.89. The van der Waals surface area contributed by atoms with E-state index in [1.165, 1.54) is 51.4 Å². The third kappa shape index (κ3) is 3.48. The van der Waals surface area contributed by atoms with Gasteiger partial charge in [0.25, 0.3) is 0 Å². The first-order chi connectivity index (χ1) is 16.1. The number of hydrogen-bond acceptors (Lipinski definition) is 3. The Kier molecular flexibility index (Phi) is 5.78. The first-order valence-electron chi connectivity index (χ1n) is 14.7. The second-order valence-electron chi connectivity index (χ2n) is 15.4. The molecule has 3 heteroatoms. The topological polar surface area (TPSA) is 46.5 Å². The molecule has 5 fully saturated rings. The van der Waals surface area contributed by atoms with E-state index in [4.69, 9.17) is 4.74 Å². The van der Waals surface area contributed by atoms with Gasteiger partial charge in [-0.1, -0.05) is 46.8 Å². The summed E-state index contributed by atoms with van der Waals surface area (Å²) in [5.41, 5.74) is 1.27. The van der Waals surface area contributed by atoms with Crippen LogP contribution in [0.3, 0.4) is 0 Å². The van der Waals surface area contributed by atoms with E-state index in [0.717, 1.165) is 24.7 Å². The van der Waals surface area contributed by atoms with Crippen LogP contribution >= 0.6 is 0 Å². The maximum absolute atomic E-state index is 11.8. The number of hydrogen-bond donors (Lipinski definition) is 1. The van der Waals surface area contributed by atoms with Crippen molar-refractivity contribution < 1.29 is 14.6 Å². The Labute approximate surface area is 214 Å². The van der Waals surface area contributed by atoms with E-state index in [2.05, 4.69) is 40.7 Å². The van der Waals surface area contributed by atoms with Gasteiger partial charge < -0.3 is 9.84 Å². The molecule has 9 atom stereocenters. The van der Waals surface area contributed by atoms with Crippen molar-refractivity contribution in [3.05, 3.63) is 12.2 Å². The van der Waals surface area contributed by atoms with E-state index < -0.39 is 5.60 Å². The number of aliphatic hydroxyl groups is 1. The van der Waals surface area contributed by atoms with E-state index in [0.29, 0.717) is 33.5 Å². The Hall–Kier alpha value is -0.830. The fourth-order valence-corrected chi connectivity index (χ4v) is 11.4. The minimum atomic E-state index is -0.716. The fraction of sp³-hybridized carbons (Fsp3) is 0.906. The number of allylic oxidation sites excluding steroid dienone is 1. The summed E-state index contributed by atoms with van der Waals surface area (Å²) in [7, 11) is 0. The Morgan fingerprint density at radius 3 is 2.29 bits per heavy atom. The fourth-order valence-electron chi connectivity index (χ4n) is 11.4. The molecule has 0 aromatic carbocycles. The normalized spacial score (nSPS) is 48.9. The van der Waals surface area contributed by atoms with Crippen LogP contribution in [-0.2, 0) is 9.53 Å². The van der Waals surface area contributed by atoms with E-state index in [9.17, 15) is 9.90 Å². The van der Waals surface area contributed by atoms with Crippen LogP contribution in [0.1, 0.15) is 120 Å². The molecule has 5 rings (SSSR count). The number of ether oxygens (including phenoxy) is 1. The molecule has 0 aliphatic heterocycles. The van der Waals surface area contributed by atoms with E-state index in [-0.39, 0.29) is 17.5 Å². The SMILES string of the molecule is CC(=O)O[C@H]1CC[C@]23C[C@]24CC[C@]2(C)[C@@H]([C@H](C)C/C=C\C(C)(C)O)CC[C@@]2(C)[C@@H]4CC[C@H]3C1(C)C. The van der Waals surface area contributed by atoms with Crippen molar-refractivity contribution in [1.29, 1.82) is 0 Å². The lowest BCUT2D eigenvalue weighted by Gasteiger charge is -2.63. The maximum Gasteiger partial charge on any atom is 0.302 e. The van der Waals surface area contributed by atoms with Crippen molar-refractivity contribution in [2.24, 2.45) is 50.7 Å². The zero-order valence-electron chi connectivity index (χ0n) is 23.9. The van der Waals surface area contributed by atoms with E-state index in [1.54, 1.807) is 6.92 Å². The molecule has 0 saturated heterocycles. The van der Waals surface area contributed by atoms with E-state index >= 15 is 0 Å². The molecule has 198 valence electrons. The van der Waals surface area contributed by atoms with Crippen molar-refractivity contribution in [3.8, 4) is 0 Å². The predicted molar refractivity (Wildman–Crippen MR) is 142 cm³/mol. The summed E-state index contributed by atoms with van der Waals surface area (Å²) in [6.45, 7) is 17.9. The van der Waals surface area contributed by atoms with Gasteiger partial charge >= 0.3 is 5.97 Å². The van der Waals surface area contributed by atoms with Crippen molar-refractivity contribution in [1.82, 2.24) is 0 Å². The summed E-state index contributed by atoms with van der Waals surface area (Å²) in [6, 6.07) is 0. The number of carbonyl (C=O) groups excluding carboxylic acids is 1. The van der Waals surface area contributed by atoms with Crippen LogP contribution in [0.15, 0.2) is 12.2 Å². The Bertz CT molecular complexity index is 897. The third-order valence-corrected chi connectivity index (χ3v) is 13.1. The quantitative estimate of drug-likeness (QED) is 0.321. The molecule has 0 heterocycles. The van der Waals surface area contributed by atoms with Gasteiger partial charge in [0, 0.05) is 12.3 Å².